The van der Waals surface area contributed by atoms with Gasteiger partial charge in [-0.05, 0) is 67.8 Å². The number of hydrogen-bond donors (Lipinski definition) is 3. The van der Waals surface area contributed by atoms with Crippen LogP contribution in [0.25, 0.3) is 16.9 Å². The molecule has 0 saturated heterocycles. The molecule has 2 aromatic heterocycles. The van der Waals surface area contributed by atoms with E-state index >= 15 is 0 Å². The Morgan fingerprint density at radius 2 is 2.00 bits per heavy atom. The number of aromatic nitrogens is 4. The molecule has 2 atom stereocenters. The third-order valence-corrected chi connectivity index (χ3v) is 7.74. The maximum Gasteiger partial charge on any atom is 0.274 e. The highest BCUT2D eigenvalue weighted by Gasteiger charge is 2.25. The van der Waals surface area contributed by atoms with Crippen LogP contribution in [0.4, 0.5) is 15.8 Å². The molecule has 1 aliphatic heterocycles. The summed E-state index contributed by atoms with van der Waals surface area (Å²) >= 11 is 5.94. The van der Waals surface area contributed by atoms with E-state index < -0.39 is 17.8 Å². The van der Waals surface area contributed by atoms with E-state index in [2.05, 4.69) is 31.2 Å². The molecule has 5 rings (SSSR count). The van der Waals surface area contributed by atoms with Crippen molar-refractivity contribution in [1.29, 1.82) is 0 Å². The Bertz CT molecular complexity index is 1730. The number of ether oxygens (including phenoxy) is 1. The lowest BCUT2D eigenvalue weighted by Gasteiger charge is -2.22. The number of nitrogens with one attached hydrogen (secondary N) is 3. The van der Waals surface area contributed by atoms with Crippen molar-refractivity contribution in [2.24, 2.45) is 5.92 Å². The molecule has 2 aromatic carbocycles. The van der Waals surface area contributed by atoms with Gasteiger partial charge in [-0.15, -0.1) is 5.10 Å². The van der Waals surface area contributed by atoms with Crippen molar-refractivity contribution in [3.05, 3.63) is 82.5 Å². The summed E-state index contributed by atoms with van der Waals surface area (Å²) in [5.74, 6) is -1.97. The second kappa shape index (κ2) is 13.3. The van der Waals surface area contributed by atoms with Crippen LogP contribution in [-0.2, 0) is 14.3 Å². The van der Waals surface area contributed by atoms with Gasteiger partial charge in [0.05, 0.1) is 28.1 Å². The van der Waals surface area contributed by atoms with Gasteiger partial charge in [0.2, 0.25) is 11.8 Å². The Kier molecular flexibility index (Phi) is 9.31. The van der Waals surface area contributed by atoms with E-state index in [9.17, 15) is 18.8 Å². The van der Waals surface area contributed by atoms with Crippen molar-refractivity contribution in [3.63, 3.8) is 0 Å². The largest absolute Gasteiger partial charge is 0.375 e. The van der Waals surface area contributed by atoms with E-state index in [4.69, 9.17) is 16.3 Å². The Labute approximate surface area is 258 Å². The third-order valence-electron chi connectivity index (χ3n) is 7.45. The fourth-order valence-corrected chi connectivity index (χ4v) is 5.25. The van der Waals surface area contributed by atoms with Crippen molar-refractivity contribution < 1.29 is 23.5 Å². The maximum absolute atomic E-state index is 14.7. The average Bonchev–Trinajstić information content (AvgIpc) is 3.38. The van der Waals surface area contributed by atoms with Gasteiger partial charge in [-0.2, -0.15) is 0 Å². The Morgan fingerprint density at radius 3 is 2.80 bits per heavy atom. The van der Waals surface area contributed by atoms with Crippen LogP contribution in [0.5, 0.6) is 0 Å². The molecule has 4 aromatic rings. The Hall–Kier alpha value is -4.68. The van der Waals surface area contributed by atoms with E-state index in [-0.39, 0.29) is 40.7 Å². The maximum atomic E-state index is 14.7. The molecule has 3 heterocycles. The van der Waals surface area contributed by atoms with Crippen molar-refractivity contribution in [1.82, 2.24) is 25.3 Å². The fourth-order valence-electron chi connectivity index (χ4n) is 5.08. The highest BCUT2D eigenvalue weighted by atomic mass is 35.5. The lowest BCUT2D eigenvalue weighted by molar-refractivity contribution is -0.120. The molecule has 0 fully saturated rings. The van der Waals surface area contributed by atoms with Crippen LogP contribution in [0, 0.1) is 18.7 Å². The molecule has 3 N–H and O–H groups in total. The minimum atomic E-state index is -0.666. The van der Waals surface area contributed by atoms with Crippen LogP contribution in [-0.4, -0.2) is 51.4 Å². The zero-order valence-corrected chi connectivity index (χ0v) is 25.1. The van der Waals surface area contributed by atoms with Crippen LogP contribution in [0.15, 0.2) is 54.7 Å². The summed E-state index contributed by atoms with van der Waals surface area (Å²) in [6, 6.07) is 12.9. The van der Waals surface area contributed by atoms with Crippen molar-refractivity contribution in [2.45, 2.75) is 39.2 Å². The molecule has 2 bridgehead atoms. The van der Waals surface area contributed by atoms with Crippen LogP contribution in [0.3, 0.4) is 0 Å². The van der Waals surface area contributed by atoms with Gasteiger partial charge in [-0.1, -0.05) is 36.2 Å². The number of methoxy groups -OCH3 is 1. The fraction of sp³-hybridized carbons (Fsp3) is 0.290. The Morgan fingerprint density at radius 1 is 1.18 bits per heavy atom. The van der Waals surface area contributed by atoms with Crippen molar-refractivity contribution in [2.75, 3.05) is 24.4 Å². The highest BCUT2D eigenvalue weighted by Crippen LogP contribution is 2.33. The number of benzene rings is 2. The van der Waals surface area contributed by atoms with Crippen LogP contribution in [0.1, 0.15) is 54.0 Å². The smallest absolute Gasteiger partial charge is 0.274 e. The van der Waals surface area contributed by atoms with Gasteiger partial charge in [0, 0.05) is 30.5 Å². The second-order valence-corrected chi connectivity index (χ2v) is 11.0. The number of nitrogens with zero attached hydrogens (tertiary/aromatic N) is 4. The van der Waals surface area contributed by atoms with E-state index in [1.165, 1.54) is 23.9 Å². The molecule has 3 amide bonds. The monoisotopic (exact) mass is 619 g/mol. The first kappa shape index (κ1) is 30.8. The highest BCUT2D eigenvalue weighted by molar-refractivity contribution is 6.30. The van der Waals surface area contributed by atoms with E-state index in [1.807, 2.05) is 19.1 Å². The number of rotatable bonds is 6. The number of hydrogen-bond acceptors (Lipinski definition) is 7. The number of halogens is 2. The molecule has 0 saturated carbocycles. The summed E-state index contributed by atoms with van der Waals surface area (Å²) in [4.78, 5) is 43.3. The van der Waals surface area contributed by atoms with Gasteiger partial charge >= 0.3 is 0 Å². The number of fused-ring (bicyclic) bond motifs is 4. The predicted octanol–water partition coefficient (Wildman–Crippen LogP) is 5.24. The first-order valence-corrected chi connectivity index (χ1v) is 14.4. The summed E-state index contributed by atoms with van der Waals surface area (Å²) in [7, 11) is 1.43. The molecule has 13 heteroatoms. The van der Waals surface area contributed by atoms with Crippen LogP contribution in [0.2, 0.25) is 5.02 Å². The number of pyridine rings is 1. The molecular formula is C31H31ClFN7O4. The lowest BCUT2D eigenvalue weighted by atomic mass is 9.94. The zero-order chi connectivity index (χ0) is 31.4. The minimum absolute atomic E-state index is 0.0471. The Balaban J connectivity index is 1.47. The van der Waals surface area contributed by atoms with E-state index in [0.29, 0.717) is 47.6 Å². The molecular weight excluding hydrogens is 589 g/mol. The molecule has 44 heavy (non-hydrogen) atoms. The zero-order valence-electron chi connectivity index (χ0n) is 24.4. The minimum Gasteiger partial charge on any atom is -0.375 e. The number of carbonyl (C=O) groups excluding carboxylic acids is 3. The predicted molar refractivity (Wildman–Crippen MR) is 163 cm³/mol. The summed E-state index contributed by atoms with van der Waals surface area (Å²) in [6.07, 6.45) is 3.39. The summed E-state index contributed by atoms with van der Waals surface area (Å²) in [5.41, 5.74) is 3.47. The van der Waals surface area contributed by atoms with Crippen LogP contribution >= 0.6 is 11.6 Å². The quantitative estimate of drug-likeness (QED) is 0.268. The number of carbonyl (C=O) groups is 3. The molecule has 0 spiro atoms. The van der Waals surface area contributed by atoms with Gasteiger partial charge in [0.25, 0.3) is 5.91 Å². The van der Waals surface area contributed by atoms with Crippen molar-refractivity contribution in [3.8, 4) is 16.9 Å². The van der Waals surface area contributed by atoms with Gasteiger partial charge < -0.3 is 20.7 Å². The van der Waals surface area contributed by atoms with Crippen molar-refractivity contribution >= 4 is 40.7 Å². The summed E-state index contributed by atoms with van der Waals surface area (Å²) in [6.45, 7) is 3.36. The van der Waals surface area contributed by atoms with Gasteiger partial charge in [0.15, 0.2) is 11.5 Å². The summed E-state index contributed by atoms with van der Waals surface area (Å²) < 4.78 is 20.8. The third kappa shape index (κ3) is 6.61. The van der Waals surface area contributed by atoms with Crippen LogP contribution < -0.4 is 16.0 Å². The standard InChI is InChI=1S/C31H31ClFN7O4/c1-17-6-4-8-23(36-31(43)29-18(2)40(39-38-29)26-9-5-7-22(32)28(26)33)19-12-13-34-24(14-19)21-11-10-20(35-27(41)16-44-3)15-25(21)37-30(17)42/h5,7,9-15,17,23H,4,6,8,16H2,1-3H3,(H,35,41)(H,36,43)(H,37,42)/t17-,23-/m0/s1. The van der Waals surface area contributed by atoms with Gasteiger partial charge in [-0.3, -0.25) is 19.4 Å². The average molecular weight is 620 g/mol. The first-order chi connectivity index (χ1) is 21.2. The van der Waals surface area contributed by atoms with Gasteiger partial charge in [-0.25, -0.2) is 9.07 Å². The second-order valence-electron chi connectivity index (χ2n) is 10.6. The topological polar surface area (TPSA) is 140 Å². The van der Waals surface area contributed by atoms with E-state index in [0.717, 1.165) is 5.56 Å². The first-order valence-electron chi connectivity index (χ1n) is 14.0. The molecule has 228 valence electrons. The number of amides is 3. The van der Waals surface area contributed by atoms with E-state index in [1.54, 1.807) is 37.4 Å². The molecule has 0 radical (unpaired) electrons. The van der Waals surface area contributed by atoms with Gasteiger partial charge in [0.1, 0.15) is 12.3 Å². The molecule has 11 nitrogen and oxygen atoms in total. The number of anilines is 2. The summed E-state index contributed by atoms with van der Waals surface area (Å²) in [5, 5.41) is 16.8. The lowest BCUT2D eigenvalue weighted by Crippen LogP contribution is -2.30. The molecule has 1 aliphatic rings. The normalized spacial score (nSPS) is 16.6. The molecule has 0 aliphatic carbocycles. The SMILES string of the molecule is COCC(=O)Nc1ccc2c(c1)NC(=O)[C@@H](C)CCC[C@H](NC(=O)c1nnn(-c3cccc(Cl)c3F)c1C)c1ccnc-2c1. The molecule has 0 unspecified atom stereocenters.